The molecule has 1 unspecified atom stereocenters. The Morgan fingerprint density at radius 3 is 2.65 bits per heavy atom. The van der Waals surface area contributed by atoms with Gasteiger partial charge in [0.15, 0.2) is 22.1 Å². The summed E-state index contributed by atoms with van der Waals surface area (Å²) < 4.78 is 32.5. The lowest BCUT2D eigenvalue weighted by Crippen LogP contribution is -2.17. The summed E-state index contributed by atoms with van der Waals surface area (Å²) in [5.74, 6) is -0.735. The number of nitrogens with zero attached hydrogens (tertiary/aromatic N) is 4. The lowest BCUT2D eigenvalue weighted by Gasteiger charge is -2.16. The lowest BCUT2D eigenvalue weighted by molar-refractivity contribution is 0.0474. The van der Waals surface area contributed by atoms with Crippen molar-refractivity contribution in [3.05, 3.63) is 46.5 Å². The van der Waals surface area contributed by atoms with Crippen LogP contribution in [0.1, 0.15) is 50.3 Å². The molecular formula is C21H24N4O5S. The van der Waals surface area contributed by atoms with Gasteiger partial charge < -0.3 is 9.30 Å². The molecular weight excluding hydrogens is 420 g/mol. The third-order valence-electron chi connectivity index (χ3n) is 5.79. The van der Waals surface area contributed by atoms with E-state index in [2.05, 4.69) is 10.1 Å². The molecule has 3 aromatic heterocycles. The number of pyridine rings is 1. The van der Waals surface area contributed by atoms with Gasteiger partial charge >= 0.3 is 5.97 Å². The zero-order valence-electron chi connectivity index (χ0n) is 17.9. The molecule has 1 aliphatic heterocycles. The van der Waals surface area contributed by atoms with Crippen LogP contribution in [0.5, 0.6) is 0 Å². The molecule has 164 valence electrons. The number of aryl methyl sites for hydroxylation is 3. The second-order valence-corrected chi connectivity index (χ2v) is 10.2. The number of carbonyl (C=O) groups is 2. The number of Topliss-reactive ketones (excluding diaryl/α,β-unsaturated/α-hetero) is 1. The van der Waals surface area contributed by atoms with Gasteiger partial charge in [0.05, 0.1) is 22.8 Å². The number of aromatic nitrogens is 4. The summed E-state index contributed by atoms with van der Waals surface area (Å²) in [5, 5.41) is 5.02. The van der Waals surface area contributed by atoms with Crippen LogP contribution >= 0.6 is 0 Å². The van der Waals surface area contributed by atoms with Crippen LogP contribution in [0.25, 0.3) is 11.0 Å². The zero-order chi connectivity index (χ0) is 22.5. The maximum Gasteiger partial charge on any atom is 0.340 e. The smallest absolute Gasteiger partial charge is 0.340 e. The Morgan fingerprint density at radius 2 is 1.97 bits per heavy atom. The highest BCUT2D eigenvalue weighted by molar-refractivity contribution is 7.91. The Morgan fingerprint density at radius 1 is 1.23 bits per heavy atom. The van der Waals surface area contributed by atoms with Gasteiger partial charge in [-0.3, -0.25) is 9.48 Å². The molecule has 1 saturated heterocycles. The fourth-order valence-corrected chi connectivity index (χ4v) is 6.01. The molecule has 0 saturated carbocycles. The fraction of sp³-hybridized carbons (Fsp3) is 0.429. The van der Waals surface area contributed by atoms with E-state index in [4.69, 9.17) is 4.74 Å². The number of ketones is 1. The molecule has 0 N–H and O–H groups in total. The van der Waals surface area contributed by atoms with Crippen molar-refractivity contribution in [1.82, 2.24) is 19.3 Å². The summed E-state index contributed by atoms with van der Waals surface area (Å²) in [4.78, 5) is 29.5. The minimum absolute atomic E-state index is 0.0786. The predicted molar refractivity (Wildman–Crippen MR) is 114 cm³/mol. The van der Waals surface area contributed by atoms with Gasteiger partial charge in [-0.25, -0.2) is 18.2 Å². The van der Waals surface area contributed by atoms with Crippen LogP contribution < -0.4 is 0 Å². The van der Waals surface area contributed by atoms with Gasteiger partial charge in [0, 0.05) is 41.6 Å². The highest BCUT2D eigenvalue weighted by Crippen LogP contribution is 2.29. The summed E-state index contributed by atoms with van der Waals surface area (Å²) in [6.07, 6.45) is 1.94. The Bertz CT molecular complexity index is 1320. The van der Waals surface area contributed by atoms with Crippen LogP contribution in [0.4, 0.5) is 0 Å². The maximum atomic E-state index is 12.7. The molecule has 0 radical (unpaired) electrons. The Labute approximate surface area is 179 Å². The van der Waals surface area contributed by atoms with Crippen LogP contribution in [-0.2, 0) is 21.6 Å². The lowest BCUT2D eigenvalue weighted by atomic mass is 10.1. The number of hydrogen-bond donors (Lipinski definition) is 0. The van der Waals surface area contributed by atoms with Crippen molar-refractivity contribution in [2.45, 2.75) is 33.2 Å². The topological polar surface area (TPSA) is 113 Å². The standard InChI is InChI=1S/C21H24N4O5S/c1-12-7-18(14(3)25(12)16-5-6-31(28,29)11-16)19(26)10-30-21(27)15-8-17-13(2)23-24(4)20(17)22-9-15/h7-9,16H,5-6,10-11H2,1-4H3. The molecule has 4 rings (SSSR count). The zero-order valence-corrected chi connectivity index (χ0v) is 18.7. The number of fused-ring (bicyclic) bond motifs is 1. The van der Waals surface area contributed by atoms with E-state index in [0.717, 1.165) is 16.8 Å². The summed E-state index contributed by atoms with van der Waals surface area (Å²) in [6, 6.07) is 3.21. The van der Waals surface area contributed by atoms with Crippen molar-refractivity contribution < 1.29 is 22.7 Å². The molecule has 1 aliphatic rings. The molecule has 4 heterocycles. The summed E-state index contributed by atoms with van der Waals surface area (Å²) in [7, 11) is -1.27. The van der Waals surface area contributed by atoms with Crippen LogP contribution in [0, 0.1) is 20.8 Å². The Kier molecular flexibility index (Phi) is 5.20. The van der Waals surface area contributed by atoms with Crippen molar-refractivity contribution in [1.29, 1.82) is 0 Å². The van der Waals surface area contributed by atoms with E-state index in [0.29, 0.717) is 23.3 Å². The minimum atomic E-state index is -3.04. The minimum Gasteiger partial charge on any atom is -0.454 e. The normalized spacial score (nSPS) is 17.9. The molecule has 0 spiro atoms. The summed E-state index contributed by atoms with van der Waals surface area (Å²) >= 11 is 0. The molecule has 0 aromatic carbocycles. The van der Waals surface area contributed by atoms with Crippen LogP contribution in [0.3, 0.4) is 0 Å². The SMILES string of the molecule is Cc1nn(C)c2ncc(C(=O)OCC(=O)c3cc(C)n(C4CCS(=O)(=O)C4)c3C)cc12. The molecule has 31 heavy (non-hydrogen) atoms. The van der Waals surface area contributed by atoms with Gasteiger partial charge in [-0.1, -0.05) is 0 Å². The molecule has 9 nitrogen and oxygen atoms in total. The largest absolute Gasteiger partial charge is 0.454 e. The van der Waals surface area contributed by atoms with Gasteiger partial charge in [-0.2, -0.15) is 5.10 Å². The third kappa shape index (κ3) is 3.87. The third-order valence-corrected chi connectivity index (χ3v) is 7.54. The van der Waals surface area contributed by atoms with Gasteiger partial charge in [0.2, 0.25) is 5.78 Å². The van der Waals surface area contributed by atoms with E-state index in [-0.39, 0.29) is 28.9 Å². The maximum absolute atomic E-state index is 12.7. The number of sulfone groups is 1. The second kappa shape index (κ2) is 7.60. The molecule has 1 fully saturated rings. The molecule has 1 atom stereocenters. The average molecular weight is 445 g/mol. The number of hydrogen-bond acceptors (Lipinski definition) is 7. The summed E-state index contributed by atoms with van der Waals surface area (Å²) in [5.41, 5.74) is 3.60. The molecule has 3 aromatic rings. The van der Waals surface area contributed by atoms with Gasteiger partial charge in [-0.05, 0) is 39.3 Å². The van der Waals surface area contributed by atoms with Crippen molar-refractivity contribution in [3.8, 4) is 0 Å². The first-order valence-electron chi connectivity index (χ1n) is 9.96. The number of carbonyl (C=O) groups excluding carboxylic acids is 2. The van der Waals surface area contributed by atoms with Gasteiger partial charge in [0.1, 0.15) is 0 Å². The monoisotopic (exact) mass is 444 g/mol. The van der Waals surface area contributed by atoms with Crippen LogP contribution in [-0.4, -0.2) is 57.6 Å². The molecule has 10 heteroatoms. The van der Waals surface area contributed by atoms with Crippen molar-refractivity contribution >= 4 is 32.6 Å². The van der Waals surface area contributed by atoms with Crippen LogP contribution in [0.2, 0.25) is 0 Å². The number of esters is 1. The molecule has 0 bridgehead atoms. The Hall–Kier alpha value is -3.01. The second-order valence-electron chi connectivity index (χ2n) is 8.02. The van der Waals surface area contributed by atoms with Gasteiger partial charge in [-0.15, -0.1) is 0 Å². The quantitative estimate of drug-likeness (QED) is 0.437. The molecule has 0 amide bonds. The Balaban J connectivity index is 1.48. The number of rotatable bonds is 5. The summed E-state index contributed by atoms with van der Waals surface area (Å²) in [6.45, 7) is 5.05. The first kappa shape index (κ1) is 21.2. The predicted octanol–water partition coefficient (Wildman–Crippen LogP) is 2.09. The van der Waals surface area contributed by atoms with E-state index in [1.54, 1.807) is 30.8 Å². The van der Waals surface area contributed by atoms with E-state index >= 15 is 0 Å². The van der Waals surface area contributed by atoms with E-state index < -0.39 is 22.4 Å². The molecule has 0 aliphatic carbocycles. The van der Waals surface area contributed by atoms with Crippen molar-refractivity contribution in [2.75, 3.05) is 18.1 Å². The first-order chi connectivity index (χ1) is 14.6. The van der Waals surface area contributed by atoms with Crippen molar-refractivity contribution in [3.63, 3.8) is 0 Å². The first-order valence-corrected chi connectivity index (χ1v) is 11.8. The van der Waals surface area contributed by atoms with E-state index in [9.17, 15) is 18.0 Å². The van der Waals surface area contributed by atoms with Crippen molar-refractivity contribution in [2.24, 2.45) is 7.05 Å². The fourth-order valence-electron chi connectivity index (χ4n) is 4.31. The van der Waals surface area contributed by atoms with Gasteiger partial charge in [0.25, 0.3) is 0 Å². The number of ether oxygens (including phenoxy) is 1. The highest BCUT2D eigenvalue weighted by atomic mass is 32.2. The van der Waals surface area contributed by atoms with E-state index in [1.807, 2.05) is 18.4 Å². The average Bonchev–Trinajstić information content (AvgIpc) is 3.32. The van der Waals surface area contributed by atoms with Crippen LogP contribution in [0.15, 0.2) is 18.3 Å². The van der Waals surface area contributed by atoms with E-state index in [1.165, 1.54) is 6.20 Å². The highest BCUT2D eigenvalue weighted by Gasteiger charge is 2.31.